The van der Waals surface area contributed by atoms with Crippen molar-refractivity contribution in [3.8, 4) is 23.0 Å². The number of rotatable bonds is 8. The Kier molecular flexibility index (Phi) is 7.29. The van der Waals surface area contributed by atoms with Crippen molar-refractivity contribution in [3.05, 3.63) is 89.0 Å². The summed E-state index contributed by atoms with van der Waals surface area (Å²) in [5.41, 5.74) is 2.43. The summed E-state index contributed by atoms with van der Waals surface area (Å²) >= 11 is 0. The molecule has 0 amide bonds. The molecule has 6 nitrogen and oxygen atoms in total. The van der Waals surface area contributed by atoms with Gasteiger partial charge < -0.3 is 18.9 Å². The number of aryl methyl sites for hydroxylation is 1. The van der Waals surface area contributed by atoms with Crippen LogP contribution in [0.15, 0.2) is 66.7 Å². The number of allylic oxidation sites excluding steroid dienone is 1. The fraction of sp³-hybridized carbons (Fsp3) is 0.154. The second-order valence-electron chi connectivity index (χ2n) is 6.88. The van der Waals surface area contributed by atoms with Crippen LogP contribution in [0, 0.1) is 6.92 Å². The zero-order valence-corrected chi connectivity index (χ0v) is 18.4. The first kappa shape index (κ1) is 22.6. The summed E-state index contributed by atoms with van der Waals surface area (Å²) < 4.78 is 21.4. The molecule has 0 aliphatic carbocycles. The van der Waals surface area contributed by atoms with Gasteiger partial charge in [0.1, 0.15) is 11.5 Å². The van der Waals surface area contributed by atoms with Crippen molar-refractivity contribution < 1.29 is 28.5 Å². The first-order valence-corrected chi connectivity index (χ1v) is 9.87. The molecule has 3 aromatic rings. The Labute approximate surface area is 187 Å². The standard InChI is InChI=1S/C26H24O6/c1-17-7-5-6-8-20(17)26(28)32-23-14-10-18(15-25(23)31-4)9-13-22(27)21-12-11-19(29-2)16-24(21)30-3/h5-16H,1-4H3/b13-9+. The second kappa shape index (κ2) is 10.3. The molecule has 0 heterocycles. The van der Waals surface area contributed by atoms with Gasteiger partial charge in [-0.15, -0.1) is 0 Å². The highest BCUT2D eigenvalue weighted by molar-refractivity contribution is 6.08. The number of esters is 1. The summed E-state index contributed by atoms with van der Waals surface area (Å²) in [5.74, 6) is 1.01. The molecule has 0 fully saturated rings. The number of ketones is 1. The monoisotopic (exact) mass is 432 g/mol. The molecule has 6 heteroatoms. The van der Waals surface area contributed by atoms with Crippen molar-refractivity contribution in [2.24, 2.45) is 0 Å². The first-order valence-electron chi connectivity index (χ1n) is 9.87. The normalized spacial score (nSPS) is 10.6. The smallest absolute Gasteiger partial charge is 0.343 e. The molecule has 0 aliphatic heterocycles. The number of hydrogen-bond donors (Lipinski definition) is 0. The van der Waals surface area contributed by atoms with E-state index in [4.69, 9.17) is 18.9 Å². The highest BCUT2D eigenvalue weighted by Crippen LogP contribution is 2.30. The molecule has 0 radical (unpaired) electrons. The molecular weight excluding hydrogens is 408 g/mol. The molecule has 164 valence electrons. The van der Waals surface area contributed by atoms with E-state index in [1.54, 1.807) is 61.7 Å². The largest absolute Gasteiger partial charge is 0.497 e. The topological polar surface area (TPSA) is 71.1 Å². The average Bonchev–Trinajstić information content (AvgIpc) is 2.82. The minimum Gasteiger partial charge on any atom is -0.497 e. The van der Waals surface area contributed by atoms with E-state index in [1.165, 1.54) is 20.3 Å². The Hall–Kier alpha value is -4.06. The van der Waals surface area contributed by atoms with E-state index in [0.29, 0.717) is 39.7 Å². The van der Waals surface area contributed by atoms with Crippen LogP contribution in [0.5, 0.6) is 23.0 Å². The van der Waals surface area contributed by atoms with Gasteiger partial charge in [-0.05, 0) is 54.5 Å². The maximum atomic E-state index is 12.6. The fourth-order valence-corrected chi connectivity index (χ4v) is 3.09. The van der Waals surface area contributed by atoms with Crippen molar-refractivity contribution in [3.63, 3.8) is 0 Å². The molecule has 3 rings (SSSR count). The maximum absolute atomic E-state index is 12.6. The Balaban J connectivity index is 1.79. The van der Waals surface area contributed by atoms with Crippen LogP contribution in [-0.4, -0.2) is 33.1 Å². The molecule has 0 saturated carbocycles. The fourth-order valence-electron chi connectivity index (χ4n) is 3.09. The number of methoxy groups -OCH3 is 3. The summed E-state index contributed by atoms with van der Waals surface area (Å²) in [4.78, 5) is 25.2. The molecule has 32 heavy (non-hydrogen) atoms. The highest BCUT2D eigenvalue weighted by atomic mass is 16.6. The SMILES string of the molecule is COc1ccc(C(=O)/C=C/c2ccc(OC(=O)c3ccccc3C)c(OC)c2)c(OC)c1. The summed E-state index contributed by atoms with van der Waals surface area (Å²) in [6, 6.07) is 17.3. The number of carbonyl (C=O) groups excluding carboxylic acids is 2. The van der Waals surface area contributed by atoms with Gasteiger partial charge in [0.2, 0.25) is 0 Å². The van der Waals surface area contributed by atoms with Crippen molar-refractivity contribution >= 4 is 17.8 Å². The Bertz CT molecular complexity index is 1160. The van der Waals surface area contributed by atoms with Gasteiger partial charge in [0, 0.05) is 6.07 Å². The predicted molar refractivity (Wildman–Crippen MR) is 122 cm³/mol. The quantitative estimate of drug-likeness (QED) is 0.213. The van der Waals surface area contributed by atoms with Crippen molar-refractivity contribution in [2.75, 3.05) is 21.3 Å². The van der Waals surface area contributed by atoms with E-state index in [2.05, 4.69) is 0 Å². The lowest BCUT2D eigenvalue weighted by molar-refractivity contribution is 0.0728. The number of hydrogen-bond acceptors (Lipinski definition) is 6. The van der Waals surface area contributed by atoms with Gasteiger partial charge in [-0.25, -0.2) is 4.79 Å². The van der Waals surface area contributed by atoms with Crippen LogP contribution in [0.3, 0.4) is 0 Å². The molecule has 0 spiro atoms. The zero-order valence-electron chi connectivity index (χ0n) is 18.4. The lowest BCUT2D eigenvalue weighted by atomic mass is 10.1. The van der Waals surface area contributed by atoms with Crippen molar-refractivity contribution in [1.29, 1.82) is 0 Å². The van der Waals surface area contributed by atoms with Gasteiger partial charge in [0.05, 0.1) is 32.5 Å². The molecule has 0 atom stereocenters. The van der Waals surface area contributed by atoms with Crippen LogP contribution >= 0.6 is 0 Å². The van der Waals surface area contributed by atoms with E-state index < -0.39 is 5.97 Å². The van der Waals surface area contributed by atoms with Gasteiger partial charge in [-0.2, -0.15) is 0 Å². The van der Waals surface area contributed by atoms with E-state index >= 15 is 0 Å². The number of ether oxygens (including phenoxy) is 4. The summed E-state index contributed by atoms with van der Waals surface area (Å²) in [5, 5.41) is 0. The Morgan fingerprint density at radius 1 is 0.750 bits per heavy atom. The molecule has 3 aromatic carbocycles. The molecule has 0 aliphatic rings. The third-order valence-corrected chi connectivity index (χ3v) is 4.86. The van der Waals surface area contributed by atoms with Crippen LogP contribution in [0.2, 0.25) is 0 Å². The van der Waals surface area contributed by atoms with Crippen LogP contribution < -0.4 is 18.9 Å². The third-order valence-electron chi connectivity index (χ3n) is 4.86. The van der Waals surface area contributed by atoms with Gasteiger partial charge in [-0.1, -0.05) is 30.3 Å². The highest BCUT2D eigenvalue weighted by Gasteiger charge is 2.15. The molecule has 0 unspecified atom stereocenters. The molecular formula is C26H24O6. The zero-order chi connectivity index (χ0) is 23.1. The molecule has 0 aromatic heterocycles. The van der Waals surface area contributed by atoms with Gasteiger partial charge in [0.25, 0.3) is 0 Å². The molecule has 0 bridgehead atoms. The molecule has 0 N–H and O–H groups in total. The van der Waals surface area contributed by atoms with E-state index in [1.807, 2.05) is 19.1 Å². The summed E-state index contributed by atoms with van der Waals surface area (Å²) in [7, 11) is 4.53. The van der Waals surface area contributed by atoms with E-state index in [0.717, 1.165) is 5.56 Å². The Morgan fingerprint density at radius 3 is 2.19 bits per heavy atom. The third kappa shape index (κ3) is 5.16. The van der Waals surface area contributed by atoms with E-state index in [-0.39, 0.29) is 5.78 Å². The maximum Gasteiger partial charge on any atom is 0.343 e. The van der Waals surface area contributed by atoms with Crippen LogP contribution in [0.4, 0.5) is 0 Å². The minimum absolute atomic E-state index is 0.224. The van der Waals surface area contributed by atoms with E-state index in [9.17, 15) is 9.59 Å². The van der Waals surface area contributed by atoms with Crippen molar-refractivity contribution in [2.45, 2.75) is 6.92 Å². The predicted octanol–water partition coefficient (Wildman–Crippen LogP) is 5.14. The summed E-state index contributed by atoms with van der Waals surface area (Å²) in [6.45, 7) is 1.84. The second-order valence-corrected chi connectivity index (χ2v) is 6.88. The van der Waals surface area contributed by atoms with Crippen LogP contribution in [0.1, 0.15) is 31.8 Å². The van der Waals surface area contributed by atoms with Gasteiger partial charge >= 0.3 is 5.97 Å². The lowest BCUT2D eigenvalue weighted by Crippen LogP contribution is -2.10. The lowest BCUT2D eigenvalue weighted by Gasteiger charge is -2.11. The van der Waals surface area contributed by atoms with Crippen LogP contribution in [-0.2, 0) is 0 Å². The van der Waals surface area contributed by atoms with Gasteiger partial charge in [-0.3, -0.25) is 4.79 Å². The molecule has 0 saturated heterocycles. The van der Waals surface area contributed by atoms with Crippen molar-refractivity contribution in [1.82, 2.24) is 0 Å². The number of benzene rings is 3. The Morgan fingerprint density at radius 2 is 1.50 bits per heavy atom. The average molecular weight is 432 g/mol. The van der Waals surface area contributed by atoms with Crippen LogP contribution in [0.25, 0.3) is 6.08 Å². The minimum atomic E-state index is -0.466. The van der Waals surface area contributed by atoms with Gasteiger partial charge in [0.15, 0.2) is 17.3 Å². The summed E-state index contributed by atoms with van der Waals surface area (Å²) in [6.07, 6.45) is 3.10. The number of carbonyl (C=O) groups is 2. The first-order chi connectivity index (χ1) is 15.5.